The number of hydrogen-bond acceptors (Lipinski definition) is 1. The van der Waals surface area contributed by atoms with Crippen molar-refractivity contribution in [2.24, 2.45) is 5.73 Å². The van der Waals surface area contributed by atoms with Crippen molar-refractivity contribution in [1.82, 2.24) is 0 Å². The van der Waals surface area contributed by atoms with Gasteiger partial charge >= 0.3 is 0 Å². The van der Waals surface area contributed by atoms with Gasteiger partial charge in [0, 0.05) is 6.42 Å². The first-order chi connectivity index (χ1) is 7.16. The van der Waals surface area contributed by atoms with E-state index >= 15 is 0 Å². The summed E-state index contributed by atoms with van der Waals surface area (Å²) in [6.07, 6.45) is 1.37. The maximum absolute atomic E-state index is 13.3. The fraction of sp³-hybridized carbons (Fsp3) is 0.333. The van der Waals surface area contributed by atoms with Crippen LogP contribution in [0.1, 0.15) is 24.0 Å². The van der Waals surface area contributed by atoms with Crippen molar-refractivity contribution in [2.75, 3.05) is 6.54 Å². The Morgan fingerprint density at radius 1 is 1.27 bits per heavy atom. The summed E-state index contributed by atoms with van der Waals surface area (Å²) in [5.41, 5.74) is 5.68. The summed E-state index contributed by atoms with van der Waals surface area (Å²) in [5.74, 6) is 3.66. The quantitative estimate of drug-likeness (QED) is 0.587. The number of halogens is 2. The Balaban J connectivity index is 2.85. The Bertz CT molecular complexity index is 402. The first kappa shape index (κ1) is 11.7. The highest BCUT2D eigenvalue weighted by Gasteiger charge is 2.08. The molecule has 1 aromatic rings. The Kier molecular flexibility index (Phi) is 4.26. The Morgan fingerprint density at radius 3 is 2.67 bits per heavy atom. The second-order valence-electron chi connectivity index (χ2n) is 3.25. The van der Waals surface area contributed by atoms with Gasteiger partial charge in [-0.15, -0.1) is 0 Å². The van der Waals surface area contributed by atoms with Crippen molar-refractivity contribution >= 4 is 0 Å². The van der Waals surface area contributed by atoms with E-state index < -0.39 is 11.6 Å². The van der Waals surface area contributed by atoms with Gasteiger partial charge in [-0.25, -0.2) is 8.78 Å². The van der Waals surface area contributed by atoms with E-state index in [1.54, 1.807) is 0 Å². The van der Waals surface area contributed by atoms with Crippen molar-refractivity contribution in [3.8, 4) is 11.8 Å². The van der Waals surface area contributed by atoms with Gasteiger partial charge < -0.3 is 5.73 Å². The van der Waals surface area contributed by atoms with Crippen molar-refractivity contribution in [3.63, 3.8) is 0 Å². The standard InChI is InChI=1S/C12H13F2N/c1-9-6-7-10(12(14)11(9)13)5-3-2-4-8-15/h6-7H,2,4,8,15H2,1H3. The molecule has 0 heterocycles. The van der Waals surface area contributed by atoms with Gasteiger partial charge in [-0.3, -0.25) is 0 Å². The summed E-state index contributed by atoms with van der Waals surface area (Å²) in [7, 11) is 0. The van der Waals surface area contributed by atoms with Crippen molar-refractivity contribution in [1.29, 1.82) is 0 Å². The average Bonchev–Trinajstić information content (AvgIpc) is 2.24. The molecule has 80 valence electrons. The molecule has 0 bridgehead atoms. The summed E-state index contributed by atoms with van der Waals surface area (Å²) in [6, 6.07) is 3.01. The molecular weight excluding hydrogens is 196 g/mol. The summed E-state index contributed by atoms with van der Waals surface area (Å²) in [5, 5.41) is 0. The van der Waals surface area contributed by atoms with Gasteiger partial charge in [0.2, 0.25) is 0 Å². The van der Waals surface area contributed by atoms with Crippen LogP contribution in [-0.4, -0.2) is 6.54 Å². The third-order valence-corrected chi connectivity index (χ3v) is 2.00. The maximum atomic E-state index is 13.3. The summed E-state index contributed by atoms with van der Waals surface area (Å²) in [6.45, 7) is 2.07. The zero-order valence-corrected chi connectivity index (χ0v) is 8.61. The molecule has 0 aliphatic carbocycles. The van der Waals surface area contributed by atoms with Gasteiger partial charge in [0.1, 0.15) is 0 Å². The van der Waals surface area contributed by atoms with Gasteiger partial charge in [0.15, 0.2) is 11.6 Å². The Labute approximate surface area is 88.3 Å². The molecule has 0 radical (unpaired) electrons. The van der Waals surface area contributed by atoms with Gasteiger partial charge in [0.05, 0.1) is 5.56 Å². The van der Waals surface area contributed by atoms with Gasteiger partial charge in [-0.2, -0.15) is 0 Å². The lowest BCUT2D eigenvalue weighted by Gasteiger charge is -1.99. The Hall–Kier alpha value is -1.40. The van der Waals surface area contributed by atoms with Gasteiger partial charge in [-0.05, 0) is 31.5 Å². The van der Waals surface area contributed by atoms with Crippen LogP contribution in [-0.2, 0) is 0 Å². The van der Waals surface area contributed by atoms with Crippen molar-refractivity contribution < 1.29 is 8.78 Å². The molecule has 15 heavy (non-hydrogen) atoms. The topological polar surface area (TPSA) is 26.0 Å². The minimum Gasteiger partial charge on any atom is -0.330 e. The number of aryl methyl sites for hydroxylation is 1. The average molecular weight is 209 g/mol. The first-order valence-electron chi connectivity index (χ1n) is 4.80. The molecule has 1 nitrogen and oxygen atoms in total. The second kappa shape index (κ2) is 5.47. The first-order valence-corrected chi connectivity index (χ1v) is 4.80. The molecule has 2 N–H and O–H groups in total. The van der Waals surface area contributed by atoms with E-state index in [-0.39, 0.29) is 5.56 Å². The molecule has 3 heteroatoms. The zero-order valence-electron chi connectivity index (χ0n) is 8.61. The van der Waals surface area contributed by atoms with Crippen LogP contribution in [0.2, 0.25) is 0 Å². The van der Waals surface area contributed by atoms with Crippen LogP contribution in [0.5, 0.6) is 0 Å². The number of hydrogen-bond donors (Lipinski definition) is 1. The molecule has 1 aromatic carbocycles. The molecule has 0 fully saturated rings. The number of unbranched alkanes of at least 4 members (excludes halogenated alkanes) is 1. The lowest BCUT2D eigenvalue weighted by atomic mass is 10.1. The summed E-state index contributed by atoms with van der Waals surface area (Å²) in [4.78, 5) is 0. The molecule has 1 rings (SSSR count). The van der Waals surface area contributed by atoms with Crippen LogP contribution in [0.25, 0.3) is 0 Å². The zero-order chi connectivity index (χ0) is 11.3. The van der Waals surface area contributed by atoms with Crippen LogP contribution >= 0.6 is 0 Å². The lowest BCUT2D eigenvalue weighted by molar-refractivity contribution is 0.501. The van der Waals surface area contributed by atoms with E-state index in [9.17, 15) is 8.78 Å². The molecule has 0 amide bonds. The number of benzene rings is 1. The van der Waals surface area contributed by atoms with E-state index in [1.165, 1.54) is 19.1 Å². The van der Waals surface area contributed by atoms with E-state index in [4.69, 9.17) is 5.73 Å². The number of nitrogens with two attached hydrogens (primary N) is 1. The molecule has 0 unspecified atom stereocenters. The van der Waals surface area contributed by atoms with Gasteiger partial charge in [0.25, 0.3) is 0 Å². The van der Waals surface area contributed by atoms with Gasteiger partial charge in [-0.1, -0.05) is 17.9 Å². The van der Waals surface area contributed by atoms with Crippen LogP contribution < -0.4 is 5.73 Å². The van der Waals surface area contributed by atoms with E-state index in [2.05, 4.69) is 11.8 Å². The van der Waals surface area contributed by atoms with E-state index in [0.29, 0.717) is 18.5 Å². The highest BCUT2D eigenvalue weighted by molar-refractivity contribution is 5.38. The second-order valence-corrected chi connectivity index (χ2v) is 3.25. The lowest BCUT2D eigenvalue weighted by Crippen LogP contribution is -1.96. The molecule has 0 saturated carbocycles. The van der Waals surface area contributed by atoms with E-state index in [1.807, 2.05) is 0 Å². The highest BCUT2D eigenvalue weighted by Crippen LogP contribution is 2.14. The van der Waals surface area contributed by atoms with Crippen LogP contribution in [0.3, 0.4) is 0 Å². The monoisotopic (exact) mass is 209 g/mol. The Morgan fingerprint density at radius 2 is 2.00 bits per heavy atom. The summed E-state index contributed by atoms with van der Waals surface area (Å²) >= 11 is 0. The van der Waals surface area contributed by atoms with Crippen LogP contribution in [0.4, 0.5) is 8.78 Å². The van der Waals surface area contributed by atoms with Crippen LogP contribution in [0.15, 0.2) is 12.1 Å². The minimum absolute atomic E-state index is 0.107. The molecule has 0 aliphatic rings. The molecule has 0 saturated heterocycles. The van der Waals surface area contributed by atoms with Crippen molar-refractivity contribution in [3.05, 3.63) is 34.9 Å². The molecule has 0 spiro atoms. The predicted octanol–water partition coefficient (Wildman–Crippen LogP) is 2.36. The smallest absolute Gasteiger partial charge is 0.174 e. The molecular formula is C12H13F2N. The molecule has 0 aromatic heterocycles. The fourth-order valence-corrected chi connectivity index (χ4v) is 1.09. The highest BCUT2D eigenvalue weighted by atomic mass is 19.2. The third-order valence-electron chi connectivity index (χ3n) is 2.00. The van der Waals surface area contributed by atoms with E-state index in [0.717, 1.165) is 6.42 Å². The minimum atomic E-state index is -0.866. The number of rotatable bonds is 2. The van der Waals surface area contributed by atoms with Crippen molar-refractivity contribution in [2.45, 2.75) is 19.8 Å². The molecule has 0 aliphatic heterocycles. The SMILES string of the molecule is Cc1ccc(C#CCCCN)c(F)c1F. The molecule has 0 atom stereocenters. The predicted molar refractivity (Wildman–Crippen MR) is 56.3 cm³/mol. The maximum Gasteiger partial charge on any atom is 0.174 e. The third kappa shape index (κ3) is 3.03. The fourth-order valence-electron chi connectivity index (χ4n) is 1.09. The normalized spacial score (nSPS) is 9.60. The summed E-state index contributed by atoms with van der Waals surface area (Å²) < 4.78 is 26.4. The largest absolute Gasteiger partial charge is 0.330 e. The van der Waals surface area contributed by atoms with Crippen LogP contribution in [0, 0.1) is 30.4 Å².